The first kappa shape index (κ1) is 23.9. The van der Waals surface area contributed by atoms with E-state index in [0.717, 1.165) is 11.8 Å². The lowest BCUT2D eigenvalue weighted by Gasteiger charge is -2.17. The van der Waals surface area contributed by atoms with Crippen LogP contribution in [-0.2, 0) is 6.61 Å². The maximum absolute atomic E-state index is 13.9. The van der Waals surface area contributed by atoms with Crippen molar-refractivity contribution in [3.63, 3.8) is 0 Å². The van der Waals surface area contributed by atoms with Crippen LogP contribution in [0.2, 0.25) is 5.02 Å². The van der Waals surface area contributed by atoms with E-state index in [1.807, 2.05) is 19.1 Å². The molecule has 1 N–H and O–H groups in total. The Balaban J connectivity index is 1.52. The summed E-state index contributed by atoms with van der Waals surface area (Å²) in [5.41, 5.74) is 3.06. The number of nitrogens with zero attached hydrogens (tertiary/aromatic N) is 3. The predicted molar refractivity (Wildman–Crippen MR) is 129 cm³/mol. The van der Waals surface area contributed by atoms with Crippen molar-refractivity contribution in [1.82, 2.24) is 14.5 Å². The normalized spacial score (nSPS) is 14.4. The van der Waals surface area contributed by atoms with E-state index in [1.165, 1.54) is 4.57 Å². The Morgan fingerprint density at radius 2 is 2.00 bits per heavy atom. The summed E-state index contributed by atoms with van der Waals surface area (Å²) < 4.78 is 39.7. The molecule has 10 heteroatoms. The highest BCUT2D eigenvalue weighted by Gasteiger charge is 2.26. The van der Waals surface area contributed by atoms with Gasteiger partial charge < -0.3 is 14.6 Å². The Morgan fingerprint density at radius 1 is 1.19 bits per heavy atom. The molecule has 1 aliphatic heterocycles. The quantitative estimate of drug-likeness (QED) is 0.412. The predicted octanol–water partition coefficient (Wildman–Crippen LogP) is 4.85. The highest BCUT2D eigenvalue weighted by atomic mass is 35.5. The van der Waals surface area contributed by atoms with Crippen LogP contribution < -0.4 is 15.0 Å². The number of hydrogen-bond acceptors (Lipinski definition) is 6. The fourth-order valence-electron chi connectivity index (χ4n) is 4.11. The molecule has 4 aromatic rings. The van der Waals surface area contributed by atoms with Crippen LogP contribution in [-0.4, -0.2) is 26.2 Å². The van der Waals surface area contributed by atoms with Gasteiger partial charge in [-0.15, -0.1) is 0 Å². The highest BCUT2D eigenvalue weighted by molar-refractivity contribution is 6.31. The van der Waals surface area contributed by atoms with E-state index >= 15 is 0 Å². The highest BCUT2D eigenvalue weighted by Crippen LogP contribution is 2.40. The Morgan fingerprint density at radius 3 is 2.78 bits per heavy atom. The molecule has 1 aromatic carbocycles. The molecule has 0 saturated heterocycles. The molecule has 0 bridgehead atoms. The zero-order chi connectivity index (χ0) is 25.6. The van der Waals surface area contributed by atoms with Gasteiger partial charge in [-0.3, -0.25) is 19.3 Å². The SMILES string of the molecule is Cc1cnc(-c2cccc3c2OCC3O)cc1-n1c(C)cc(OCc2ncc(F)cc2F)c(Cl)c1=O. The first-order valence-corrected chi connectivity index (χ1v) is 11.4. The second kappa shape index (κ2) is 9.33. The Kier molecular flexibility index (Phi) is 6.19. The number of aliphatic hydroxyl groups excluding tert-OH is 1. The van der Waals surface area contributed by atoms with Crippen molar-refractivity contribution in [3.8, 4) is 28.4 Å². The molecule has 4 heterocycles. The number of fused-ring (bicyclic) bond motifs is 1. The summed E-state index contributed by atoms with van der Waals surface area (Å²) in [6, 6.07) is 9.46. The zero-order valence-electron chi connectivity index (χ0n) is 19.3. The second-order valence-electron chi connectivity index (χ2n) is 8.38. The fraction of sp³-hybridized carbons (Fsp3) is 0.192. The van der Waals surface area contributed by atoms with Crippen LogP contribution in [0.1, 0.15) is 28.6 Å². The summed E-state index contributed by atoms with van der Waals surface area (Å²) in [5.74, 6) is -1.06. The molecule has 184 valence electrons. The molecule has 7 nitrogen and oxygen atoms in total. The van der Waals surface area contributed by atoms with Gasteiger partial charge in [-0.05, 0) is 31.5 Å². The van der Waals surface area contributed by atoms with Crippen LogP contribution in [0.25, 0.3) is 16.9 Å². The summed E-state index contributed by atoms with van der Waals surface area (Å²) in [6.45, 7) is 3.35. The Hall–Kier alpha value is -3.82. The van der Waals surface area contributed by atoms with Gasteiger partial charge in [0.2, 0.25) is 0 Å². The van der Waals surface area contributed by atoms with Crippen LogP contribution in [0, 0.1) is 25.5 Å². The second-order valence-corrected chi connectivity index (χ2v) is 8.76. The van der Waals surface area contributed by atoms with Gasteiger partial charge in [0.15, 0.2) is 5.82 Å². The molecular formula is C26H20ClF2N3O4. The van der Waals surface area contributed by atoms with Crippen molar-refractivity contribution in [2.45, 2.75) is 26.6 Å². The first-order valence-electron chi connectivity index (χ1n) is 11.0. The van der Waals surface area contributed by atoms with E-state index < -0.39 is 23.3 Å². The van der Waals surface area contributed by atoms with E-state index in [-0.39, 0.29) is 29.7 Å². The molecule has 0 amide bonds. The molecule has 0 fully saturated rings. The Bertz CT molecular complexity index is 1560. The number of aromatic nitrogens is 3. The van der Waals surface area contributed by atoms with Crippen LogP contribution >= 0.6 is 11.6 Å². The van der Waals surface area contributed by atoms with Crippen LogP contribution in [0.4, 0.5) is 8.78 Å². The van der Waals surface area contributed by atoms with E-state index in [1.54, 1.807) is 31.3 Å². The van der Waals surface area contributed by atoms with Crippen molar-refractivity contribution in [2.75, 3.05) is 6.61 Å². The largest absolute Gasteiger partial charge is 0.489 e. The van der Waals surface area contributed by atoms with E-state index in [2.05, 4.69) is 9.97 Å². The van der Waals surface area contributed by atoms with Gasteiger partial charge in [0.05, 0.1) is 17.6 Å². The lowest BCUT2D eigenvalue weighted by molar-refractivity contribution is 0.140. The number of hydrogen-bond donors (Lipinski definition) is 1. The monoisotopic (exact) mass is 511 g/mol. The molecule has 1 unspecified atom stereocenters. The van der Waals surface area contributed by atoms with E-state index in [0.29, 0.717) is 40.0 Å². The molecular weight excluding hydrogens is 492 g/mol. The number of pyridine rings is 3. The number of para-hydroxylation sites is 1. The summed E-state index contributed by atoms with van der Waals surface area (Å²) >= 11 is 6.36. The molecule has 0 aliphatic carbocycles. The van der Waals surface area contributed by atoms with E-state index in [9.17, 15) is 18.7 Å². The molecule has 36 heavy (non-hydrogen) atoms. The minimum atomic E-state index is -0.861. The van der Waals surface area contributed by atoms with Crippen molar-refractivity contribution >= 4 is 11.6 Å². The van der Waals surface area contributed by atoms with Crippen molar-refractivity contribution < 1.29 is 23.4 Å². The molecule has 1 aliphatic rings. The topological polar surface area (TPSA) is 86.5 Å². The Labute approximate surface area is 209 Å². The fourth-order valence-corrected chi connectivity index (χ4v) is 4.31. The van der Waals surface area contributed by atoms with Gasteiger partial charge in [0.1, 0.15) is 47.4 Å². The van der Waals surface area contributed by atoms with Crippen LogP contribution in [0.5, 0.6) is 11.5 Å². The first-order chi connectivity index (χ1) is 17.2. The van der Waals surface area contributed by atoms with Gasteiger partial charge in [0.25, 0.3) is 5.56 Å². The summed E-state index contributed by atoms with van der Waals surface area (Å²) in [6.07, 6.45) is 1.81. The third-order valence-corrected chi connectivity index (χ3v) is 6.28. The lowest BCUT2D eigenvalue weighted by Crippen LogP contribution is -2.23. The number of halogens is 3. The molecule has 0 spiro atoms. The minimum Gasteiger partial charge on any atom is -0.489 e. The summed E-state index contributed by atoms with van der Waals surface area (Å²) in [7, 11) is 0. The number of rotatable bonds is 5. The number of aryl methyl sites for hydroxylation is 2. The van der Waals surface area contributed by atoms with Crippen LogP contribution in [0.15, 0.2) is 53.6 Å². The lowest BCUT2D eigenvalue weighted by atomic mass is 10.0. The van der Waals surface area contributed by atoms with Gasteiger partial charge in [0, 0.05) is 35.2 Å². The molecule has 0 radical (unpaired) electrons. The third kappa shape index (κ3) is 4.20. The average molecular weight is 512 g/mol. The zero-order valence-corrected chi connectivity index (χ0v) is 20.0. The average Bonchev–Trinajstić information content (AvgIpc) is 3.23. The van der Waals surface area contributed by atoms with Crippen molar-refractivity contribution in [1.29, 1.82) is 0 Å². The van der Waals surface area contributed by atoms with Gasteiger partial charge in [-0.1, -0.05) is 23.7 Å². The third-order valence-electron chi connectivity index (χ3n) is 5.93. The molecule has 3 aromatic heterocycles. The van der Waals surface area contributed by atoms with Crippen molar-refractivity contribution in [2.24, 2.45) is 0 Å². The summed E-state index contributed by atoms with van der Waals surface area (Å²) in [4.78, 5) is 21.5. The van der Waals surface area contributed by atoms with E-state index in [4.69, 9.17) is 21.1 Å². The molecule has 0 saturated carbocycles. The smallest absolute Gasteiger partial charge is 0.277 e. The van der Waals surface area contributed by atoms with Crippen molar-refractivity contribution in [3.05, 3.63) is 98.3 Å². The maximum atomic E-state index is 13.9. The standard InChI is InChI=1S/C26H20ClF2N3O4/c1-13-9-30-19(16-4-3-5-17-22(33)12-36-25(16)17)8-21(13)32-14(2)6-23(24(27)26(32)34)35-11-20-18(29)7-15(28)10-31-20/h3-10,22,33H,11-12H2,1-2H3. The van der Waals surface area contributed by atoms with Gasteiger partial charge >= 0.3 is 0 Å². The van der Waals surface area contributed by atoms with Gasteiger partial charge in [-0.2, -0.15) is 0 Å². The number of aliphatic hydroxyl groups is 1. The number of benzene rings is 1. The summed E-state index contributed by atoms with van der Waals surface area (Å²) in [5, 5.41) is 9.94. The van der Waals surface area contributed by atoms with Crippen LogP contribution in [0.3, 0.4) is 0 Å². The van der Waals surface area contributed by atoms with Gasteiger partial charge in [-0.25, -0.2) is 8.78 Å². The minimum absolute atomic E-state index is 0.0520. The molecule has 1 atom stereocenters. The number of ether oxygens (including phenoxy) is 2. The maximum Gasteiger partial charge on any atom is 0.277 e. The molecule has 5 rings (SSSR count).